The van der Waals surface area contributed by atoms with Crippen molar-refractivity contribution in [3.8, 4) is 5.88 Å². The minimum Gasteiger partial charge on any atom is -0.492 e. The van der Waals surface area contributed by atoms with Crippen LogP contribution in [0.1, 0.15) is 10.4 Å². The van der Waals surface area contributed by atoms with Gasteiger partial charge in [-0.05, 0) is 35.6 Å². The number of hydrogen-bond acceptors (Lipinski definition) is 6. The number of nitrogens with one attached hydrogen (secondary N) is 1. The van der Waals surface area contributed by atoms with Crippen molar-refractivity contribution < 1.29 is 5.11 Å². The van der Waals surface area contributed by atoms with Gasteiger partial charge in [-0.25, -0.2) is 9.98 Å². The molecular weight excluding hydrogens is 488 g/mol. The number of nitrogens with zero attached hydrogens (tertiary/aromatic N) is 4. The molecule has 154 valence electrons. The molecule has 6 nitrogen and oxygen atoms in total. The number of anilines is 2. The van der Waals surface area contributed by atoms with Crippen molar-refractivity contribution in [3.05, 3.63) is 66.4 Å². The first-order valence-electron chi connectivity index (χ1n) is 8.25. The topological polar surface area (TPSA) is 82.2 Å². The number of aromatic nitrogens is 1. The first-order valence-corrected chi connectivity index (χ1v) is 10.2. The van der Waals surface area contributed by atoms with Gasteiger partial charge in [-0.1, -0.05) is 52.2 Å². The molecule has 1 aliphatic heterocycles. The van der Waals surface area contributed by atoms with Crippen molar-refractivity contribution >= 4 is 87.6 Å². The fourth-order valence-electron chi connectivity index (χ4n) is 2.72. The molecule has 2 heterocycles. The molecule has 11 heteroatoms. The Bertz CT molecular complexity index is 1280. The van der Waals surface area contributed by atoms with Crippen LogP contribution < -0.4 is 15.9 Å². The van der Waals surface area contributed by atoms with Gasteiger partial charge in [0.05, 0.1) is 26.0 Å². The predicted molar refractivity (Wildman–Crippen MR) is 128 cm³/mol. The fraction of sp³-hybridized carbons (Fsp3) is 0.0526. The van der Waals surface area contributed by atoms with Crippen LogP contribution >= 0.6 is 58.5 Å². The molecule has 2 N–H and O–H groups in total. The van der Waals surface area contributed by atoms with E-state index in [-0.39, 0.29) is 18.3 Å². The van der Waals surface area contributed by atoms with Gasteiger partial charge in [-0.3, -0.25) is 4.99 Å². The molecule has 0 bridgehead atoms. The highest BCUT2D eigenvalue weighted by atomic mass is 35.5. The van der Waals surface area contributed by atoms with Gasteiger partial charge < -0.3 is 10.4 Å². The van der Waals surface area contributed by atoms with Gasteiger partial charge in [0.1, 0.15) is 6.34 Å². The average molecular weight is 501 g/mol. The summed E-state index contributed by atoms with van der Waals surface area (Å²) in [6.07, 6.45) is 3.29. The van der Waals surface area contributed by atoms with E-state index in [0.717, 1.165) is 16.1 Å². The molecule has 30 heavy (non-hydrogen) atoms. The van der Waals surface area contributed by atoms with Crippen molar-refractivity contribution in [1.29, 1.82) is 0 Å². The zero-order valence-electron chi connectivity index (χ0n) is 15.2. The molecule has 0 unspecified atom stereocenters. The van der Waals surface area contributed by atoms with E-state index in [1.165, 1.54) is 17.7 Å². The van der Waals surface area contributed by atoms with Gasteiger partial charge in [0.15, 0.2) is 11.0 Å². The second kappa shape index (κ2) is 9.32. The molecule has 0 aliphatic carbocycles. The van der Waals surface area contributed by atoms with Crippen LogP contribution in [0.15, 0.2) is 45.3 Å². The highest BCUT2D eigenvalue weighted by Gasteiger charge is 2.13. The lowest BCUT2D eigenvalue weighted by molar-refractivity contribution is 0.457. The minimum atomic E-state index is -0.108. The third-order valence-corrected chi connectivity index (χ3v) is 5.74. The van der Waals surface area contributed by atoms with Crippen LogP contribution in [0.3, 0.4) is 0 Å². The van der Waals surface area contributed by atoms with E-state index >= 15 is 0 Å². The van der Waals surface area contributed by atoms with E-state index in [9.17, 15) is 5.11 Å². The fourth-order valence-corrected chi connectivity index (χ4v) is 4.46. The van der Waals surface area contributed by atoms with E-state index in [0.29, 0.717) is 36.6 Å². The lowest BCUT2D eigenvalue weighted by Gasteiger charge is -2.07. The number of aliphatic imine (C=N–C) groups is 2. The second-order valence-electron chi connectivity index (χ2n) is 5.92. The van der Waals surface area contributed by atoms with Crippen molar-refractivity contribution in [2.45, 2.75) is 0 Å². The molecule has 0 atom stereocenters. The van der Waals surface area contributed by atoms with Crippen molar-refractivity contribution in [2.75, 3.05) is 12.4 Å². The number of thiazole rings is 1. The van der Waals surface area contributed by atoms with E-state index < -0.39 is 0 Å². The lowest BCUT2D eigenvalue weighted by atomic mass is 10.1. The van der Waals surface area contributed by atoms with E-state index in [4.69, 9.17) is 34.8 Å². The Labute approximate surface area is 196 Å². The number of rotatable bonds is 3. The van der Waals surface area contributed by atoms with Gasteiger partial charge in [-0.2, -0.15) is 4.98 Å². The van der Waals surface area contributed by atoms with E-state index in [2.05, 4.69) is 25.3 Å². The number of hydrogen-bond donors (Lipinski definition) is 2. The highest BCUT2D eigenvalue weighted by molar-refractivity contribution is 7.16. The van der Waals surface area contributed by atoms with Crippen LogP contribution in [-0.2, 0) is 0 Å². The minimum absolute atomic E-state index is 0. The van der Waals surface area contributed by atoms with Crippen molar-refractivity contribution in [1.82, 2.24) is 4.98 Å². The van der Waals surface area contributed by atoms with Crippen LogP contribution in [0, 0.1) is 0 Å². The number of fused-ring (bicyclic) bond motifs is 1. The maximum absolute atomic E-state index is 10.3. The molecule has 0 saturated heterocycles. The van der Waals surface area contributed by atoms with Gasteiger partial charge >= 0.3 is 0 Å². The summed E-state index contributed by atoms with van der Waals surface area (Å²) >= 11 is 19.6. The van der Waals surface area contributed by atoms with Crippen LogP contribution in [0.2, 0.25) is 15.1 Å². The molecule has 0 spiro atoms. The normalized spacial score (nSPS) is 14.3. The summed E-state index contributed by atoms with van der Waals surface area (Å²) in [6.45, 7) is 0. The van der Waals surface area contributed by atoms with Crippen molar-refractivity contribution in [3.63, 3.8) is 0 Å². The SMILES string of the molecule is CN=C1N=CN=c2ccc(=Cc3sc(Nc4c(Cl)cc(Cl)cc4Cl)nc3O)cc21.Cl. The Morgan fingerprint density at radius 1 is 1.13 bits per heavy atom. The maximum Gasteiger partial charge on any atom is 0.231 e. The Balaban J connectivity index is 0.00000256. The number of aromatic hydroxyl groups is 1. The molecule has 2 aromatic carbocycles. The molecule has 0 radical (unpaired) electrons. The van der Waals surface area contributed by atoms with Crippen molar-refractivity contribution in [2.24, 2.45) is 15.0 Å². The molecule has 4 rings (SSSR count). The third-order valence-electron chi connectivity index (χ3n) is 4.02. The Kier molecular flexibility index (Phi) is 7.00. The number of amidine groups is 1. The van der Waals surface area contributed by atoms with Crippen LogP contribution in [0.25, 0.3) is 6.08 Å². The predicted octanol–water partition coefficient (Wildman–Crippen LogP) is 4.84. The van der Waals surface area contributed by atoms with Gasteiger partial charge in [0.25, 0.3) is 0 Å². The van der Waals surface area contributed by atoms with Gasteiger partial charge in [0.2, 0.25) is 5.88 Å². The summed E-state index contributed by atoms with van der Waals surface area (Å²) in [4.78, 5) is 17.3. The summed E-state index contributed by atoms with van der Waals surface area (Å²) in [5.41, 5.74) is 1.29. The third kappa shape index (κ3) is 4.61. The van der Waals surface area contributed by atoms with E-state index in [1.807, 2.05) is 24.3 Å². The Hall–Kier alpha value is -2.16. The molecule has 0 fully saturated rings. The largest absolute Gasteiger partial charge is 0.492 e. The Morgan fingerprint density at radius 3 is 2.57 bits per heavy atom. The van der Waals surface area contributed by atoms with Gasteiger partial charge in [0, 0.05) is 17.6 Å². The zero-order valence-corrected chi connectivity index (χ0v) is 19.1. The smallest absolute Gasteiger partial charge is 0.231 e. The molecule has 1 aliphatic rings. The lowest BCUT2D eigenvalue weighted by Crippen LogP contribution is -2.22. The summed E-state index contributed by atoms with van der Waals surface area (Å²) in [6, 6.07) is 8.84. The molecule has 3 aromatic rings. The van der Waals surface area contributed by atoms with Crippen LogP contribution in [-0.4, -0.2) is 29.3 Å². The summed E-state index contributed by atoms with van der Waals surface area (Å²) in [5, 5.41) is 16.5. The summed E-state index contributed by atoms with van der Waals surface area (Å²) in [7, 11) is 1.68. The summed E-state index contributed by atoms with van der Waals surface area (Å²) in [5.74, 6) is 0.497. The van der Waals surface area contributed by atoms with Crippen LogP contribution in [0.5, 0.6) is 5.88 Å². The highest BCUT2D eigenvalue weighted by Crippen LogP contribution is 2.38. The standard InChI is InChI=1S/C19H12Cl3N5OS.ClH/c1-23-17-11-4-9(2-3-14(11)24-8-25-17)5-15-18(28)27-19(29-15)26-16-12(21)6-10(20)7-13(16)22;/h2-8,28H,1H3,(H,26,27);1H. The molecular formula is C19H13Cl4N5OS. The average Bonchev–Trinajstić information content (AvgIpc) is 3.03. The summed E-state index contributed by atoms with van der Waals surface area (Å²) < 4.78 is 0. The monoisotopic (exact) mass is 499 g/mol. The number of benzene rings is 2. The van der Waals surface area contributed by atoms with E-state index in [1.54, 1.807) is 19.2 Å². The van der Waals surface area contributed by atoms with Crippen LogP contribution in [0.4, 0.5) is 10.8 Å². The quantitative estimate of drug-likeness (QED) is 0.539. The van der Waals surface area contributed by atoms with Gasteiger partial charge in [-0.15, -0.1) is 12.4 Å². The Morgan fingerprint density at radius 2 is 1.87 bits per heavy atom. The first kappa shape index (κ1) is 22.5. The molecule has 0 amide bonds. The maximum atomic E-state index is 10.3. The zero-order chi connectivity index (χ0) is 20.5. The number of halogens is 4. The molecule has 0 saturated carbocycles. The second-order valence-corrected chi connectivity index (χ2v) is 8.20. The molecule has 1 aromatic heterocycles. The first-order chi connectivity index (χ1) is 13.9.